The molecule has 2 atom stereocenters. The van der Waals surface area contributed by atoms with E-state index in [2.05, 4.69) is 22.3 Å². The summed E-state index contributed by atoms with van der Waals surface area (Å²) in [5.41, 5.74) is 1.33. The highest BCUT2D eigenvalue weighted by atomic mass is 16.5. The van der Waals surface area contributed by atoms with Crippen molar-refractivity contribution in [3.05, 3.63) is 23.8 Å². The van der Waals surface area contributed by atoms with Crippen molar-refractivity contribution in [1.29, 1.82) is 0 Å². The van der Waals surface area contributed by atoms with Gasteiger partial charge in [-0.3, -0.25) is 0 Å². The first-order valence-corrected chi connectivity index (χ1v) is 9.44. The molecule has 0 radical (unpaired) electrons. The van der Waals surface area contributed by atoms with Crippen LogP contribution in [-0.4, -0.2) is 51.8 Å². The van der Waals surface area contributed by atoms with Crippen molar-refractivity contribution < 1.29 is 9.47 Å². The van der Waals surface area contributed by atoms with Gasteiger partial charge in [0.2, 0.25) is 0 Å². The van der Waals surface area contributed by atoms with Gasteiger partial charge in [0.25, 0.3) is 0 Å². The summed E-state index contributed by atoms with van der Waals surface area (Å²) in [5, 5.41) is 3.58. The van der Waals surface area contributed by atoms with Crippen LogP contribution in [0.15, 0.2) is 18.2 Å². The maximum atomic E-state index is 5.42. The maximum Gasteiger partial charge on any atom is 0.160 e. The molecule has 0 bridgehead atoms. The molecule has 0 aliphatic carbocycles. The second-order valence-corrected chi connectivity index (χ2v) is 7.25. The fraction of sp³-hybridized carbons (Fsp3) is 0.700. The lowest BCUT2D eigenvalue weighted by Crippen LogP contribution is -2.43. The van der Waals surface area contributed by atoms with Crippen LogP contribution in [0.4, 0.5) is 0 Å². The summed E-state index contributed by atoms with van der Waals surface area (Å²) in [6.07, 6.45) is 6.62. The second kappa shape index (κ2) is 8.72. The third kappa shape index (κ3) is 4.42. The lowest BCUT2D eigenvalue weighted by atomic mass is 9.81. The zero-order valence-electron chi connectivity index (χ0n) is 15.2. The van der Waals surface area contributed by atoms with Crippen molar-refractivity contribution in [2.24, 2.45) is 11.8 Å². The van der Waals surface area contributed by atoms with E-state index in [1.807, 2.05) is 6.07 Å². The first-order valence-electron chi connectivity index (χ1n) is 9.44. The predicted octanol–water partition coefficient (Wildman–Crippen LogP) is 2.96. The number of nitrogens with zero attached hydrogens (tertiary/aromatic N) is 1. The highest BCUT2D eigenvalue weighted by molar-refractivity contribution is 5.42. The SMILES string of the molecule is COc1ccc(CCN2CCCC(C3CCCNC3)C2)cc1OC. The number of likely N-dealkylation sites (tertiary alicyclic amines) is 1. The van der Waals surface area contributed by atoms with Gasteiger partial charge in [-0.25, -0.2) is 0 Å². The number of rotatable bonds is 6. The number of ether oxygens (including phenoxy) is 2. The number of nitrogens with one attached hydrogen (secondary N) is 1. The van der Waals surface area contributed by atoms with Gasteiger partial charge in [-0.1, -0.05) is 6.07 Å². The highest BCUT2D eigenvalue weighted by Crippen LogP contribution is 2.30. The van der Waals surface area contributed by atoms with Crippen LogP contribution >= 0.6 is 0 Å². The van der Waals surface area contributed by atoms with Crippen LogP contribution in [0.5, 0.6) is 11.5 Å². The quantitative estimate of drug-likeness (QED) is 0.868. The van der Waals surface area contributed by atoms with Crippen LogP contribution in [0.25, 0.3) is 0 Å². The van der Waals surface area contributed by atoms with E-state index in [0.29, 0.717) is 0 Å². The van der Waals surface area contributed by atoms with Gasteiger partial charge in [0.15, 0.2) is 11.5 Å². The molecule has 2 aliphatic heterocycles. The molecule has 2 saturated heterocycles. The molecule has 1 N–H and O–H groups in total. The molecule has 2 fully saturated rings. The highest BCUT2D eigenvalue weighted by Gasteiger charge is 2.28. The molecule has 0 amide bonds. The third-order valence-electron chi connectivity index (χ3n) is 5.71. The van der Waals surface area contributed by atoms with Gasteiger partial charge in [0, 0.05) is 13.1 Å². The van der Waals surface area contributed by atoms with Gasteiger partial charge in [0.1, 0.15) is 0 Å². The topological polar surface area (TPSA) is 33.7 Å². The molecule has 2 heterocycles. The van der Waals surface area contributed by atoms with E-state index in [4.69, 9.17) is 9.47 Å². The van der Waals surface area contributed by atoms with Gasteiger partial charge in [-0.2, -0.15) is 0 Å². The number of piperidine rings is 2. The van der Waals surface area contributed by atoms with Crippen LogP contribution < -0.4 is 14.8 Å². The normalized spacial score (nSPS) is 25.4. The van der Waals surface area contributed by atoms with Gasteiger partial charge in [0.05, 0.1) is 14.2 Å². The van der Waals surface area contributed by atoms with Crippen LogP contribution in [0.3, 0.4) is 0 Å². The van der Waals surface area contributed by atoms with Crippen molar-refractivity contribution in [3.63, 3.8) is 0 Å². The lowest BCUT2D eigenvalue weighted by molar-refractivity contribution is 0.121. The summed E-state index contributed by atoms with van der Waals surface area (Å²) in [6.45, 7) is 6.12. The summed E-state index contributed by atoms with van der Waals surface area (Å²) in [4.78, 5) is 2.67. The summed E-state index contributed by atoms with van der Waals surface area (Å²) >= 11 is 0. The minimum atomic E-state index is 0.809. The van der Waals surface area contributed by atoms with Crippen molar-refractivity contribution >= 4 is 0 Å². The van der Waals surface area contributed by atoms with Crippen molar-refractivity contribution in [2.75, 3.05) is 46.9 Å². The first-order chi connectivity index (χ1) is 11.8. The molecule has 2 aliphatic rings. The Labute approximate surface area is 146 Å². The van der Waals surface area contributed by atoms with E-state index >= 15 is 0 Å². The average molecular weight is 332 g/mol. The Morgan fingerprint density at radius 3 is 2.67 bits per heavy atom. The molecule has 0 spiro atoms. The van der Waals surface area contributed by atoms with E-state index in [0.717, 1.165) is 36.3 Å². The fourth-order valence-corrected chi connectivity index (χ4v) is 4.28. The molecule has 0 saturated carbocycles. The summed E-state index contributed by atoms with van der Waals surface area (Å²) in [5.74, 6) is 3.42. The molecule has 1 aromatic rings. The largest absolute Gasteiger partial charge is 0.493 e. The molecule has 134 valence electrons. The number of methoxy groups -OCH3 is 2. The number of benzene rings is 1. The summed E-state index contributed by atoms with van der Waals surface area (Å²) < 4.78 is 10.7. The van der Waals surface area contributed by atoms with Crippen LogP contribution in [0.1, 0.15) is 31.2 Å². The zero-order chi connectivity index (χ0) is 16.8. The average Bonchev–Trinajstić information content (AvgIpc) is 2.67. The zero-order valence-corrected chi connectivity index (χ0v) is 15.2. The van der Waals surface area contributed by atoms with E-state index in [-0.39, 0.29) is 0 Å². The molecule has 4 heteroatoms. The van der Waals surface area contributed by atoms with Crippen LogP contribution in [0, 0.1) is 11.8 Å². The monoisotopic (exact) mass is 332 g/mol. The Bertz CT molecular complexity index is 514. The molecule has 0 aromatic heterocycles. The standard InChI is InChI=1S/C20H32N2O2/c1-23-19-8-7-16(13-20(19)24-2)9-12-22-11-4-6-18(15-22)17-5-3-10-21-14-17/h7-8,13,17-18,21H,3-6,9-12,14-15H2,1-2H3. The van der Waals surface area contributed by atoms with E-state index in [1.54, 1.807) is 14.2 Å². The molecule has 3 rings (SSSR count). The van der Waals surface area contributed by atoms with Gasteiger partial charge < -0.3 is 19.7 Å². The predicted molar refractivity (Wildman–Crippen MR) is 98.0 cm³/mol. The van der Waals surface area contributed by atoms with Crippen molar-refractivity contribution in [1.82, 2.24) is 10.2 Å². The van der Waals surface area contributed by atoms with Gasteiger partial charge in [-0.15, -0.1) is 0 Å². The van der Waals surface area contributed by atoms with E-state index in [9.17, 15) is 0 Å². The van der Waals surface area contributed by atoms with Gasteiger partial charge >= 0.3 is 0 Å². The molecular weight excluding hydrogens is 300 g/mol. The minimum Gasteiger partial charge on any atom is -0.493 e. The molecule has 24 heavy (non-hydrogen) atoms. The van der Waals surface area contributed by atoms with E-state index in [1.165, 1.54) is 57.4 Å². The maximum absolute atomic E-state index is 5.42. The third-order valence-corrected chi connectivity index (χ3v) is 5.71. The second-order valence-electron chi connectivity index (χ2n) is 7.25. The van der Waals surface area contributed by atoms with E-state index < -0.39 is 0 Å². The van der Waals surface area contributed by atoms with Gasteiger partial charge in [-0.05, 0) is 81.3 Å². The summed E-state index contributed by atoms with van der Waals surface area (Å²) in [7, 11) is 3.39. The smallest absolute Gasteiger partial charge is 0.160 e. The Kier molecular flexibility index (Phi) is 6.38. The summed E-state index contributed by atoms with van der Waals surface area (Å²) in [6, 6.07) is 6.29. The Balaban J connectivity index is 1.52. The minimum absolute atomic E-state index is 0.809. The number of hydrogen-bond acceptors (Lipinski definition) is 4. The first kappa shape index (κ1) is 17.6. The Hall–Kier alpha value is -1.26. The molecule has 1 aromatic carbocycles. The molecule has 2 unspecified atom stereocenters. The Morgan fingerprint density at radius 1 is 1.08 bits per heavy atom. The van der Waals surface area contributed by atoms with Crippen LogP contribution in [-0.2, 0) is 6.42 Å². The number of hydrogen-bond donors (Lipinski definition) is 1. The fourth-order valence-electron chi connectivity index (χ4n) is 4.28. The van der Waals surface area contributed by atoms with Crippen LogP contribution in [0.2, 0.25) is 0 Å². The van der Waals surface area contributed by atoms with Crippen molar-refractivity contribution in [3.8, 4) is 11.5 Å². The lowest BCUT2D eigenvalue weighted by Gasteiger charge is -2.38. The Morgan fingerprint density at radius 2 is 1.92 bits per heavy atom. The molecular formula is C20H32N2O2. The molecule has 4 nitrogen and oxygen atoms in total. The van der Waals surface area contributed by atoms with Crippen molar-refractivity contribution in [2.45, 2.75) is 32.1 Å².